The second-order valence-corrected chi connectivity index (χ2v) is 45.5. The summed E-state index contributed by atoms with van der Waals surface area (Å²) in [6, 6.07) is 52.7. The molecule has 1 aliphatic rings. The molecule has 0 N–H and O–H groups in total. The summed E-state index contributed by atoms with van der Waals surface area (Å²) in [5.41, 5.74) is 8.03. The van der Waals surface area contributed by atoms with Gasteiger partial charge in [-0.15, -0.1) is 0 Å². The van der Waals surface area contributed by atoms with Gasteiger partial charge in [-0.1, -0.05) is 0 Å². The number of hydrogen-bond acceptors (Lipinski definition) is 2. The zero-order chi connectivity index (χ0) is 40.2. The fourth-order valence-corrected chi connectivity index (χ4v) is 28.4. The molecule has 0 bridgehead atoms. The van der Waals surface area contributed by atoms with E-state index in [1.165, 1.54) is 87.6 Å². The molecule has 0 fully saturated rings. The van der Waals surface area contributed by atoms with Crippen LogP contribution in [-0.4, -0.2) is 36.2 Å². The first-order valence-electron chi connectivity index (χ1n) is 20.5. The third-order valence-electron chi connectivity index (χ3n) is 13.1. The number of benzene rings is 8. The van der Waals surface area contributed by atoms with Crippen LogP contribution in [0.25, 0.3) is 43.1 Å². The Morgan fingerprint density at radius 3 is 1.21 bits per heavy atom. The van der Waals surface area contributed by atoms with Gasteiger partial charge in [0.25, 0.3) is 0 Å². The van der Waals surface area contributed by atoms with Gasteiger partial charge in [-0.05, 0) is 0 Å². The Hall–Kier alpha value is -4.31. The zero-order valence-electron chi connectivity index (χ0n) is 35.5. The van der Waals surface area contributed by atoms with Gasteiger partial charge < -0.3 is 0 Å². The van der Waals surface area contributed by atoms with E-state index in [2.05, 4.69) is 217 Å². The molecule has 57 heavy (non-hydrogen) atoms. The molecule has 1 aliphatic heterocycles. The van der Waals surface area contributed by atoms with Gasteiger partial charge in [0, 0.05) is 0 Å². The summed E-state index contributed by atoms with van der Waals surface area (Å²) in [6.45, 7) is 20.4. The summed E-state index contributed by atoms with van der Waals surface area (Å²) in [5.74, 6) is 0. The van der Waals surface area contributed by atoms with Crippen LogP contribution >= 0.6 is 14.3 Å². The Morgan fingerprint density at radius 1 is 0.421 bits per heavy atom. The van der Waals surface area contributed by atoms with Gasteiger partial charge >= 0.3 is 345 Å². The first-order valence-corrected chi connectivity index (χ1v) is 33.1. The van der Waals surface area contributed by atoms with Crippen LogP contribution in [0.4, 0.5) is 22.7 Å². The molecule has 0 aromatic heterocycles. The second kappa shape index (κ2) is 13.6. The van der Waals surface area contributed by atoms with Crippen LogP contribution in [0, 0.1) is 13.8 Å². The van der Waals surface area contributed by atoms with Gasteiger partial charge in [-0.25, -0.2) is 0 Å². The number of hydrogen-bond donors (Lipinski definition) is 0. The first-order chi connectivity index (χ1) is 27.0. The molecule has 2 nitrogen and oxygen atoms in total. The minimum absolute atomic E-state index is 0.770. The van der Waals surface area contributed by atoms with Gasteiger partial charge in [-0.2, -0.15) is 0 Å². The van der Waals surface area contributed by atoms with Crippen LogP contribution in [-0.2, 0) is 0 Å². The maximum absolute atomic E-state index is 2.72. The summed E-state index contributed by atoms with van der Waals surface area (Å²) in [7, 11) is 0.0806. The predicted octanol–water partition coefficient (Wildman–Crippen LogP) is 13.2. The fraction of sp³-hybridized carbons (Fsp3) is 0.216. The predicted molar refractivity (Wildman–Crippen MR) is 268 cm³/mol. The fourth-order valence-electron chi connectivity index (χ4n) is 9.56. The van der Waals surface area contributed by atoms with Crippen molar-refractivity contribution in [2.75, 3.05) is 30.6 Å². The third kappa shape index (κ3) is 6.27. The Morgan fingerprint density at radius 2 is 0.772 bits per heavy atom. The second-order valence-electron chi connectivity index (χ2n) is 18.8. The molecule has 1 heterocycles. The van der Waals surface area contributed by atoms with Crippen molar-refractivity contribution in [3.8, 4) is 0 Å². The van der Waals surface area contributed by atoms with E-state index in [0.29, 0.717) is 0 Å². The van der Waals surface area contributed by atoms with E-state index in [9.17, 15) is 0 Å². The van der Waals surface area contributed by atoms with Crippen LogP contribution < -0.4 is 31.0 Å². The molecule has 9 rings (SSSR count). The van der Waals surface area contributed by atoms with Crippen molar-refractivity contribution in [3.63, 3.8) is 0 Å². The van der Waals surface area contributed by atoms with Gasteiger partial charge in [-0.3, -0.25) is 0 Å². The minimum atomic E-state index is -2.53. The normalized spacial score (nSPS) is 16.4. The number of rotatable bonds is 2. The number of aryl methyl sites for hydroxylation is 2. The molecule has 288 valence electrons. The molecule has 1 atom stereocenters. The van der Waals surface area contributed by atoms with E-state index in [0.717, 1.165) is 0 Å². The van der Waals surface area contributed by atoms with Gasteiger partial charge in [0.2, 0.25) is 0 Å². The monoisotopic (exact) mass is 814 g/mol. The van der Waals surface area contributed by atoms with Gasteiger partial charge in [0.05, 0.1) is 0 Å². The van der Waals surface area contributed by atoms with E-state index >= 15 is 0 Å². The molecule has 1 unspecified atom stereocenters. The van der Waals surface area contributed by atoms with Crippen LogP contribution in [0.1, 0.15) is 11.1 Å². The molecule has 8 aromatic carbocycles. The molecule has 0 spiro atoms. The topological polar surface area (TPSA) is 6.48 Å². The third-order valence-corrected chi connectivity index (χ3v) is 38.1. The van der Waals surface area contributed by atoms with Crippen LogP contribution in [0.5, 0.6) is 0 Å². The van der Waals surface area contributed by atoms with Crippen LogP contribution in [0.15, 0.2) is 133 Å². The van der Waals surface area contributed by atoms with Crippen molar-refractivity contribution in [2.24, 2.45) is 0 Å². The van der Waals surface area contributed by atoms with Gasteiger partial charge in [0.1, 0.15) is 0 Å². The SMILES string of the molecule is Cc1ccc2cc3c(cc2c1)P([Si](C)(C)C)c1cc2ccccc2cc1N(C)c1cc2ccccc2cc1[PH](C)([Si](C)(C)C)c1cc2cc(C)ccc2cc1N3C. The molecule has 0 saturated carbocycles. The molecular formula is C51H56N2P2Si2. The van der Waals surface area contributed by atoms with Crippen LogP contribution in [0.3, 0.4) is 0 Å². The molecular weight excluding hydrogens is 759 g/mol. The standard InChI is InChI=1S/C51H56N2P2Si2/c1-34-20-22-40-27-45-49(31-42(40)24-34)54(56(6,7)8)48-30-38-18-14-12-16-36(38)26-44(48)52(3)46-28-37-17-13-15-19-39(37)32-50(46)55(5,57(9,10)11)51-33-43-25-35(2)21-23-41(43)29-47(51)53(45)4/h12-33,55H,1-11H3. The molecule has 0 aliphatic carbocycles. The molecule has 0 amide bonds. The first kappa shape index (κ1) is 38.2. The van der Waals surface area contributed by atoms with Crippen LogP contribution in [0.2, 0.25) is 39.3 Å². The van der Waals surface area contributed by atoms with Crippen molar-refractivity contribution < 1.29 is 0 Å². The van der Waals surface area contributed by atoms with Crippen molar-refractivity contribution >= 4 is 117 Å². The summed E-state index contributed by atoms with van der Waals surface area (Å²) in [5, 5.41) is 16.6. The molecule has 8 aromatic rings. The average Bonchev–Trinajstić information content (AvgIpc) is 3.17. The molecule has 6 heteroatoms. The Kier molecular flexibility index (Phi) is 9.15. The number of fused-ring (bicyclic) bond motifs is 8. The maximum atomic E-state index is 2.72. The average molecular weight is 815 g/mol. The Balaban J connectivity index is 1.53. The van der Waals surface area contributed by atoms with Crippen molar-refractivity contribution in [2.45, 2.75) is 53.1 Å². The number of anilines is 4. The van der Waals surface area contributed by atoms with E-state index in [1.54, 1.807) is 10.6 Å². The van der Waals surface area contributed by atoms with E-state index in [1.807, 2.05) is 0 Å². The number of nitrogens with zero attached hydrogens (tertiary/aromatic N) is 2. The zero-order valence-corrected chi connectivity index (χ0v) is 39.4. The molecule has 0 saturated heterocycles. The quantitative estimate of drug-likeness (QED) is 0.127. The van der Waals surface area contributed by atoms with E-state index in [-0.39, 0.29) is 0 Å². The van der Waals surface area contributed by atoms with E-state index < -0.39 is 29.8 Å². The van der Waals surface area contributed by atoms with E-state index in [4.69, 9.17) is 0 Å². The summed E-state index contributed by atoms with van der Waals surface area (Å²) in [4.78, 5) is 5.27. The van der Waals surface area contributed by atoms with Crippen molar-refractivity contribution in [1.29, 1.82) is 0 Å². The van der Waals surface area contributed by atoms with Crippen molar-refractivity contribution in [3.05, 3.63) is 145 Å². The van der Waals surface area contributed by atoms with Gasteiger partial charge in [0.15, 0.2) is 0 Å². The Bertz CT molecular complexity index is 2930. The van der Waals surface area contributed by atoms with Crippen molar-refractivity contribution in [1.82, 2.24) is 0 Å². The Labute approximate surface area is 343 Å². The molecule has 0 radical (unpaired) electrons. The summed E-state index contributed by atoms with van der Waals surface area (Å²) < 4.78 is 0. The summed E-state index contributed by atoms with van der Waals surface area (Å²) in [6.07, 6.45) is 0. The summed E-state index contributed by atoms with van der Waals surface area (Å²) >= 11 is 0.